The van der Waals surface area contributed by atoms with Gasteiger partial charge in [-0.3, -0.25) is 9.59 Å². The van der Waals surface area contributed by atoms with Crippen LogP contribution in [-0.4, -0.2) is 68.9 Å². The lowest BCUT2D eigenvalue weighted by Crippen LogP contribution is -2.40. The summed E-state index contributed by atoms with van der Waals surface area (Å²) in [6.45, 7) is 0.953. The van der Waals surface area contributed by atoms with Gasteiger partial charge < -0.3 is 14.7 Å². The molecule has 1 heterocycles. The van der Waals surface area contributed by atoms with Gasteiger partial charge in [-0.15, -0.1) is 0 Å². The zero-order valence-electron chi connectivity index (χ0n) is 15.6. The zero-order chi connectivity index (χ0) is 20.0. The number of rotatable bonds is 5. The van der Waals surface area contributed by atoms with Crippen LogP contribution >= 0.6 is 0 Å². The summed E-state index contributed by atoms with van der Waals surface area (Å²) >= 11 is 0. The summed E-state index contributed by atoms with van der Waals surface area (Å²) in [6.07, 6.45) is 2.00. The highest BCUT2D eigenvalue weighted by Gasteiger charge is 2.59. The molecule has 1 amide bonds. The van der Waals surface area contributed by atoms with E-state index in [9.17, 15) is 23.1 Å². The number of amides is 1. The van der Waals surface area contributed by atoms with Gasteiger partial charge in [0.2, 0.25) is 10.0 Å². The van der Waals surface area contributed by atoms with Crippen molar-refractivity contribution >= 4 is 21.9 Å². The second-order valence-electron chi connectivity index (χ2n) is 7.40. The summed E-state index contributed by atoms with van der Waals surface area (Å²) < 4.78 is 31.3. The number of hydrogen-bond donors (Lipinski definition) is 1. The number of benzene rings is 1. The molecule has 1 aromatic carbocycles. The molecule has 0 bridgehead atoms. The number of ether oxygens (including phenoxy) is 1. The minimum Gasteiger partial charge on any atom is -0.495 e. The first-order valence-corrected chi connectivity index (χ1v) is 10.2. The molecule has 1 N–H and O–H groups in total. The highest BCUT2D eigenvalue weighted by Crippen LogP contribution is 2.59. The quantitative estimate of drug-likeness (QED) is 0.804. The predicted molar refractivity (Wildman–Crippen MR) is 97.2 cm³/mol. The van der Waals surface area contributed by atoms with Crippen molar-refractivity contribution in [2.45, 2.75) is 24.2 Å². The van der Waals surface area contributed by atoms with Gasteiger partial charge in [0, 0.05) is 32.7 Å². The monoisotopic (exact) mass is 396 g/mol. The third-order valence-electron chi connectivity index (χ3n) is 5.70. The maximum Gasteiger partial charge on any atom is 0.307 e. The number of hydrogen-bond acceptors (Lipinski definition) is 5. The van der Waals surface area contributed by atoms with Crippen LogP contribution in [0.1, 0.15) is 29.6 Å². The highest BCUT2D eigenvalue weighted by molar-refractivity contribution is 7.89. The van der Waals surface area contributed by atoms with Crippen LogP contribution in [0.4, 0.5) is 0 Å². The first-order chi connectivity index (χ1) is 12.6. The molecule has 1 spiro atoms. The molecule has 0 aromatic heterocycles. The van der Waals surface area contributed by atoms with Gasteiger partial charge in [0.1, 0.15) is 10.6 Å². The number of likely N-dealkylation sites (tertiary alicyclic amines) is 1. The van der Waals surface area contributed by atoms with Crippen molar-refractivity contribution < 1.29 is 27.9 Å². The number of carbonyl (C=O) groups is 2. The molecule has 1 saturated carbocycles. The molecule has 2 fully saturated rings. The molecule has 1 atom stereocenters. The number of carboxylic acid groups (broad SMARTS) is 1. The Morgan fingerprint density at radius 1 is 1.26 bits per heavy atom. The van der Waals surface area contributed by atoms with Crippen LogP contribution in [0.5, 0.6) is 5.75 Å². The normalized spacial score (nSPS) is 21.3. The Morgan fingerprint density at radius 2 is 1.89 bits per heavy atom. The van der Waals surface area contributed by atoms with E-state index in [-0.39, 0.29) is 33.4 Å². The minimum absolute atomic E-state index is 0.0533. The van der Waals surface area contributed by atoms with Crippen LogP contribution < -0.4 is 4.74 Å². The lowest BCUT2D eigenvalue weighted by atomic mass is 9.90. The maximum atomic E-state index is 12.9. The lowest BCUT2D eigenvalue weighted by Gasteiger charge is -2.32. The van der Waals surface area contributed by atoms with Gasteiger partial charge in [-0.2, -0.15) is 0 Å². The molecule has 1 aromatic rings. The molecule has 1 aliphatic heterocycles. The van der Waals surface area contributed by atoms with E-state index < -0.39 is 16.0 Å². The molecule has 1 unspecified atom stereocenters. The van der Waals surface area contributed by atoms with Crippen molar-refractivity contribution in [2.24, 2.45) is 11.3 Å². The number of nitrogens with zero attached hydrogens (tertiary/aromatic N) is 2. The third-order valence-corrected chi connectivity index (χ3v) is 7.54. The first-order valence-electron chi connectivity index (χ1n) is 8.75. The SMILES string of the molecule is COc1ccc(C(=O)N2CCC3(CC2)CC3C(=O)O)cc1S(=O)(=O)N(C)C. The Labute approximate surface area is 158 Å². The van der Waals surface area contributed by atoms with E-state index in [2.05, 4.69) is 0 Å². The average Bonchev–Trinajstić information content (AvgIpc) is 3.35. The van der Waals surface area contributed by atoms with Gasteiger partial charge in [0.15, 0.2) is 0 Å². The van der Waals surface area contributed by atoms with E-state index in [1.54, 1.807) is 11.0 Å². The van der Waals surface area contributed by atoms with Gasteiger partial charge in [0.25, 0.3) is 5.91 Å². The van der Waals surface area contributed by atoms with Gasteiger partial charge >= 0.3 is 5.97 Å². The van der Waals surface area contributed by atoms with E-state index in [0.717, 1.165) is 4.31 Å². The average molecular weight is 396 g/mol. The van der Waals surface area contributed by atoms with Gasteiger partial charge in [-0.05, 0) is 42.9 Å². The fraction of sp³-hybridized carbons (Fsp3) is 0.556. The van der Waals surface area contributed by atoms with Crippen molar-refractivity contribution in [1.82, 2.24) is 9.21 Å². The molecule has 0 radical (unpaired) electrons. The molecular formula is C18H24N2O6S. The summed E-state index contributed by atoms with van der Waals surface area (Å²) in [4.78, 5) is 25.6. The minimum atomic E-state index is -3.76. The predicted octanol–water partition coefficient (Wildman–Crippen LogP) is 1.27. The first kappa shape index (κ1) is 19.6. The Balaban J connectivity index is 1.79. The smallest absolute Gasteiger partial charge is 0.307 e. The Morgan fingerprint density at radius 3 is 2.37 bits per heavy atom. The fourth-order valence-corrected chi connectivity index (χ4v) is 4.87. The second kappa shape index (κ2) is 6.79. The Hall–Kier alpha value is -2.13. The largest absolute Gasteiger partial charge is 0.495 e. The third kappa shape index (κ3) is 3.41. The van der Waals surface area contributed by atoms with Crippen molar-refractivity contribution in [1.29, 1.82) is 0 Å². The van der Waals surface area contributed by atoms with Crippen molar-refractivity contribution in [3.05, 3.63) is 23.8 Å². The van der Waals surface area contributed by atoms with Crippen LogP contribution in [0.25, 0.3) is 0 Å². The van der Waals surface area contributed by atoms with Gasteiger partial charge in [0.05, 0.1) is 13.0 Å². The van der Waals surface area contributed by atoms with E-state index in [1.807, 2.05) is 0 Å². The van der Waals surface area contributed by atoms with Crippen molar-refractivity contribution in [3.63, 3.8) is 0 Å². The van der Waals surface area contributed by atoms with E-state index >= 15 is 0 Å². The lowest BCUT2D eigenvalue weighted by molar-refractivity contribution is -0.139. The standard InChI is InChI=1S/C18H24N2O6S/c1-19(2)27(24,25)15-10-12(4-5-14(15)26-3)16(21)20-8-6-18(7-9-20)11-13(18)17(22)23/h4-5,10,13H,6-9,11H2,1-3H3,(H,22,23). The highest BCUT2D eigenvalue weighted by atomic mass is 32.2. The van der Waals surface area contributed by atoms with Crippen LogP contribution in [-0.2, 0) is 14.8 Å². The number of piperidine rings is 1. The van der Waals surface area contributed by atoms with Gasteiger partial charge in [-0.1, -0.05) is 0 Å². The molecule has 9 heteroatoms. The van der Waals surface area contributed by atoms with Crippen molar-refractivity contribution in [3.8, 4) is 5.75 Å². The summed E-state index contributed by atoms with van der Waals surface area (Å²) in [5, 5.41) is 9.17. The Kier molecular flexibility index (Phi) is 4.94. The number of carbonyl (C=O) groups excluding carboxylic acids is 1. The Bertz CT molecular complexity index is 872. The van der Waals surface area contributed by atoms with E-state index in [4.69, 9.17) is 4.74 Å². The molecule has 2 aliphatic rings. The number of sulfonamides is 1. The number of methoxy groups -OCH3 is 1. The van der Waals surface area contributed by atoms with Crippen LogP contribution in [0.2, 0.25) is 0 Å². The molecule has 1 saturated heterocycles. The molecule has 1 aliphatic carbocycles. The fourth-order valence-electron chi connectivity index (χ4n) is 3.80. The van der Waals surface area contributed by atoms with Crippen LogP contribution in [0, 0.1) is 11.3 Å². The molecule has 3 rings (SSSR count). The van der Waals surface area contributed by atoms with Crippen molar-refractivity contribution in [2.75, 3.05) is 34.3 Å². The van der Waals surface area contributed by atoms with E-state index in [0.29, 0.717) is 32.4 Å². The molecule has 8 nitrogen and oxygen atoms in total. The summed E-state index contributed by atoms with van der Waals surface area (Å²) in [5.74, 6) is -1.13. The second-order valence-corrected chi connectivity index (χ2v) is 9.52. The summed E-state index contributed by atoms with van der Waals surface area (Å²) in [7, 11) is 0.457. The molecule has 27 heavy (non-hydrogen) atoms. The topological polar surface area (TPSA) is 104 Å². The van der Waals surface area contributed by atoms with Crippen LogP contribution in [0.15, 0.2) is 23.1 Å². The summed E-state index contributed by atoms with van der Waals surface area (Å²) in [6, 6.07) is 4.38. The van der Waals surface area contributed by atoms with Crippen LogP contribution in [0.3, 0.4) is 0 Å². The zero-order valence-corrected chi connectivity index (χ0v) is 16.5. The number of aliphatic carboxylic acids is 1. The summed E-state index contributed by atoms with van der Waals surface area (Å²) in [5.41, 5.74) is 0.111. The number of carboxylic acids is 1. The van der Waals surface area contributed by atoms with E-state index in [1.165, 1.54) is 33.3 Å². The maximum absolute atomic E-state index is 12.9. The molecular weight excluding hydrogens is 372 g/mol. The molecule has 148 valence electrons. The van der Waals surface area contributed by atoms with Gasteiger partial charge in [-0.25, -0.2) is 12.7 Å².